The van der Waals surface area contributed by atoms with Crippen LogP contribution in [0.2, 0.25) is 0 Å². The van der Waals surface area contributed by atoms with Crippen molar-refractivity contribution in [3.8, 4) is 0 Å². The van der Waals surface area contributed by atoms with Gasteiger partial charge < -0.3 is 19.7 Å². The SMILES string of the molecule is CC1=C(C)C(=O)OC([C@](C)(O)[C@H]2CC[C@H]3[C@@H]4[C@@H]5O[C@@H]5[C@@]5(O)CC=CC(=O)[C@]5(C)[C@H]4CC[C@@]32C)C1. The molecule has 0 aromatic carbocycles. The number of cyclic esters (lactones) is 1. The third-order valence-electron chi connectivity index (χ3n) is 11.6. The van der Waals surface area contributed by atoms with Crippen LogP contribution in [0.25, 0.3) is 0 Å². The molecule has 0 amide bonds. The summed E-state index contributed by atoms with van der Waals surface area (Å²) in [6, 6.07) is 0. The van der Waals surface area contributed by atoms with Crippen LogP contribution in [0.5, 0.6) is 0 Å². The lowest BCUT2D eigenvalue weighted by Gasteiger charge is -2.60. The number of epoxide rings is 1. The summed E-state index contributed by atoms with van der Waals surface area (Å²) in [5.41, 5.74) is -1.60. The highest BCUT2D eigenvalue weighted by Gasteiger charge is 2.78. The Morgan fingerprint density at radius 1 is 1.12 bits per heavy atom. The van der Waals surface area contributed by atoms with Crippen LogP contribution in [-0.4, -0.2) is 51.5 Å². The number of carbonyl (C=O) groups excluding carboxylic acids is 2. The van der Waals surface area contributed by atoms with E-state index < -0.39 is 22.7 Å². The molecule has 0 aromatic rings. The largest absolute Gasteiger partial charge is 0.456 e. The maximum Gasteiger partial charge on any atom is 0.334 e. The molecular formula is C28H38O6. The molecule has 11 atom stereocenters. The maximum absolute atomic E-state index is 13.3. The predicted molar refractivity (Wildman–Crippen MR) is 125 cm³/mol. The first-order chi connectivity index (χ1) is 15.9. The van der Waals surface area contributed by atoms with Crippen LogP contribution in [0.15, 0.2) is 23.3 Å². The van der Waals surface area contributed by atoms with Crippen LogP contribution in [0.3, 0.4) is 0 Å². The number of fused-ring (bicyclic) bond motifs is 8. The van der Waals surface area contributed by atoms with Crippen molar-refractivity contribution in [2.45, 2.75) is 103 Å². The van der Waals surface area contributed by atoms with Crippen molar-refractivity contribution in [1.82, 2.24) is 0 Å². The van der Waals surface area contributed by atoms with E-state index in [-0.39, 0.29) is 47.1 Å². The topological polar surface area (TPSA) is 96.4 Å². The molecule has 186 valence electrons. The number of ether oxygens (including phenoxy) is 2. The zero-order valence-electron chi connectivity index (χ0n) is 21.0. The van der Waals surface area contributed by atoms with E-state index in [1.54, 1.807) is 13.0 Å². The molecule has 1 saturated heterocycles. The fraction of sp³-hybridized carbons (Fsp3) is 0.786. The second-order valence-corrected chi connectivity index (χ2v) is 12.8. The fourth-order valence-corrected chi connectivity index (χ4v) is 9.36. The molecule has 4 fully saturated rings. The molecule has 1 unspecified atom stereocenters. The van der Waals surface area contributed by atoms with Crippen molar-refractivity contribution in [1.29, 1.82) is 0 Å². The van der Waals surface area contributed by atoms with Gasteiger partial charge in [0.05, 0.1) is 11.5 Å². The highest BCUT2D eigenvalue weighted by molar-refractivity contribution is 5.97. The van der Waals surface area contributed by atoms with Gasteiger partial charge in [0.25, 0.3) is 0 Å². The molecule has 6 heteroatoms. The minimum absolute atomic E-state index is 0.0114. The molecule has 3 saturated carbocycles. The van der Waals surface area contributed by atoms with Gasteiger partial charge in [-0.1, -0.05) is 18.6 Å². The van der Waals surface area contributed by atoms with E-state index in [0.29, 0.717) is 24.3 Å². The zero-order chi connectivity index (χ0) is 24.4. The van der Waals surface area contributed by atoms with Gasteiger partial charge in [-0.3, -0.25) is 4.79 Å². The monoisotopic (exact) mass is 470 g/mol. The third kappa shape index (κ3) is 2.58. The van der Waals surface area contributed by atoms with Gasteiger partial charge in [0.1, 0.15) is 23.4 Å². The van der Waals surface area contributed by atoms with Crippen LogP contribution < -0.4 is 0 Å². The van der Waals surface area contributed by atoms with Gasteiger partial charge in [-0.05, 0) is 95.0 Å². The van der Waals surface area contributed by atoms with Crippen molar-refractivity contribution >= 4 is 11.8 Å². The van der Waals surface area contributed by atoms with E-state index in [1.807, 2.05) is 26.8 Å². The number of hydrogen-bond donors (Lipinski definition) is 2. The van der Waals surface area contributed by atoms with Crippen LogP contribution in [-0.2, 0) is 19.1 Å². The molecule has 0 bridgehead atoms. The highest BCUT2D eigenvalue weighted by Crippen LogP contribution is 2.72. The van der Waals surface area contributed by atoms with E-state index in [2.05, 4.69) is 6.92 Å². The minimum atomic E-state index is -1.14. The molecule has 2 heterocycles. The summed E-state index contributed by atoms with van der Waals surface area (Å²) >= 11 is 0. The van der Waals surface area contributed by atoms with E-state index >= 15 is 0 Å². The molecule has 0 spiro atoms. The Labute approximate surface area is 201 Å². The molecular weight excluding hydrogens is 432 g/mol. The van der Waals surface area contributed by atoms with Crippen molar-refractivity contribution in [2.24, 2.45) is 34.5 Å². The minimum Gasteiger partial charge on any atom is -0.456 e. The number of rotatable bonds is 2. The lowest BCUT2D eigenvalue weighted by atomic mass is 9.43. The Hall–Kier alpha value is -1.50. The van der Waals surface area contributed by atoms with Gasteiger partial charge in [-0.2, -0.15) is 0 Å². The molecule has 2 N–H and O–H groups in total. The molecule has 34 heavy (non-hydrogen) atoms. The van der Waals surface area contributed by atoms with Gasteiger partial charge in [0.15, 0.2) is 5.78 Å². The average molecular weight is 471 g/mol. The number of ketones is 1. The molecule has 0 aromatic heterocycles. The zero-order valence-corrected chi connectivity index (χ0v) is 21.0. The number of aliphatic hydroxyl groups is 2. The summed E-state index contributed by atoms with van der Waals surface area (Å²) < 4.78 is 12.0. The van der Waals surface area contributed by atoms with Gasteiger partial charge in [0, 0.05) is 12.0 Å². The quantitative estimate of drug-likeness (QED) is 0.474. The molecule has 4 aliphatic carbocycles. The first kappa shape index (κ1) is 22.9. The Morgan fingerprint density at radius 3 is 2.56 bits per heavy atom. The van der Waals surface area contributed by atoms with Gasteiger partial charge >= 0.3 is 5.97 Å². The second kappa shape index (κ2) is 6.83. The molecule has 6 nitrogen and oxygen atoms in total. The lowest BCUT2D eigenvalue weighted by molar-refractivity contribution is -0.195. The predicted octanol–water partition coefficient (Wildman–Crippen LogP) is 3.50. The van der Waals surface area contributed by atoms with E-state index in [9.17, 15) is 19.8 Å². The Balaban J connectivity index is 1.33. The maximum atomic E-state index is 13.3. The first-order valence-electron chi connectivity index (χ1n) is 13.1. The average Bonchev–Trinajstić information content (AvgIpc) is 3.49. The number of carbonyl (C=O) groups is 2. The van der Waals surface area contributed by atoms with Crippen LogP contribution in [0.4, 0.5) is 0 Å². The Bertz CT molecular complexity index is 1030. The fourth-order valence-electron chi connectivity index (χ4n) is 9.36. The molecule has 0 radical (unpaired) electrons. The summed E-state index contributed by atoms with van der Waals surface area (Å²) in [6.07, 6.45) is 7.18. The molecule has 6 aliphatic rings. The summed E-state index contributed by atoms with van der Waals surface area (Å²) in [4.78, 5) is 25.7. The smallest absolute Gasteiger partial charge is 0.334 e. The van der Waals surface area contributed by atoms with Crippen molar-refractivity contribution in [2.75, 3.05) is 0 Å². The number of hydrogen-bond acceptors (Lipinski definition) is 6. The Kier molecular flexibility index (Phi) is 4.61. The molecule has 2 aliphatic heterocycles. The van der Waals surface area contributed by atoms with Crippen molar-refractivity contribution in [3.05, 3.63) is 23.3 Å². The third-order valence-corrected chi connectivity index (χ3v) is 11.6. The van der Waals surface area contributed by atoms with E-state index in [0.717, 1.165) is 31.3 Å². The number of esters is 1. The van der Waals surface area contributed by atoms with Crippen molar-refractivity contribution in [3.63, 3.8) is 0 Å². The first-order valence-corrected chi connectivity index (χ1v) is 13.1. The standard InChI is InChI=1S/C28H38O6/c1-14-13-20(33-24(30)15(14)2)27(5,31)18-9-8-16-21-17(10-12-25(16,18)3)26(4)19(29)7-6-11-28(26,32)23-22(21)34-23/h6-7,16-18,20-23,31-32H,8-13H2,1-5H3/t16-,17-,18-,20?,21-,22-,23-,25-,26-,27+,28-/m0/s1. The van der Waals surface area contributed by atoms with Gasteiger partial charge in [-0.15, -0.1) is 0 Å². The highest BCUT2D eigenvalue weighted by atomic mass is 16.6. The van der Waals surface area contributed by atoms with Crippen LogP contribution >= 0.6 is 0 Å². The molecule has 6 rings (SSSR count). The van der Waals surface area contributed by atoms with Gasteiger partial charge in [0.2, 0.25) is 0 Å². The summed E-state index contributed by atoms with van der Waals surface area (Å²) in [5, 5.41) is 23.6. The normalized spacial score (nSPS) is 53.3. The lowest BCUT2D eigenvalue weighted by Crippen LogP contribution is -2.67. The van der Waals surface area contributed by atoms with Gasteiger partial charge in [-0.25, -0.2) is 4.79 Å². The van der Waals surface area contributed by atoms with Crippen molar-refractivity contribution < 1.29 is 29.3 Å². The summed E-state index contributed by atoms with van der Waals surface area (Å²) in [6.45, 7) is 9.86. The second-order valence-electron chi connectivity index (χ2n) is 12.8. The number of allylic oxidation sites excluding steroid dienone is 1. The Morgan fingerprint density at radius 2 is 1.85 bits per heavy atom. The summed E-state index contributed by atoms with van der Waals surface area (Å²) in [5.74, 6) is 0.263. The van der Waals surface area contributed by atoms with Crippen LogP contribution in [0, 0.1) is 34.5 Å². The van der Waals surface area contributed by atoms with E-state index in [4.69, 9.17) is 9.47 Å². The van der Waals surface area contributed by atoms with Crippen LogP contribution in [0.1, 0.15) is 73.1 Å². The van der Waals surface area contributed by atoms with E-state index in [1.165, 1.54) is 0 Å². The summed E-state index contributed by atoms with van der Waals surface area (Å²) in [7, 11) is 0.